The van der Waals surface area contributed by atoms with E-state index in [2.05, 4.69) is 4.99 Å². The van der Waals surface area contributed by atoms with E-state index in [1.807, 2.05) is 4.90 Å². The summed E-state index contributed by atoms with van der Waals surface area (Å²) in [6.07, 6.45) is 1.45. The Morgan fingerprint density at radius 3 is 3.33 bits per heavy atom. The van der Waals surface area contributed by atoms with E-state index in [1.165, 1.54) is 6.20 Å². The monoisotopic (exact) mass is 184 g/mol. The van der Waals surface area contributed by atoms with Crippen LogP contribution < -0.4 is 0 Å². The van der Waals surface area contributed by atoms with Crippen LogP contribution in [0.4, 0.5) is 0 Å². The van der Waals surface area contributed by atoms with Gasteiger partial charge >= 0.3 is 5.97 Å². The molecule has 0 bridgehead atoms. The Morgan fingerprint density at radius 2 is 2.58 bits per heavy atom. The maximum absolute atomic E-state index is 10.6. The van der Waals surface area contributed by atoms with Gasteiger partial charge in [-0.3, -0.25) is 0 Å². The molecule has 2 aliphatic heterocycles. The first-order chi connectivity index (χ1) is 5.77. The Balaban J connectivity index is 2.20. The summed E-state index contributed by atoms with van der Waals surface area (Å²) in [5, 5.41) is 9.65. The lowest BCUT2D eigenvalue weighted by Gasteiger charge is -2.20. The van der Waals surface area contributed by atoms with Crippen molar-refractivity contribution in [1.82, 2.24) is 4.90 Å². The van der Waals surface area contributed by atoms with Gasteiger partial charge < -0.3 is 10.0 Å². The molecule has 0 aliphatic carbocycles. The minimum absolute atomic E-state index is 0.376. The smallest absolute Gasteiger partial charge is 0.334 e. The van der Waals surface area contributed by atoms with Crippen LogP contribution in [0.3, 0.4) is 0 Å². The van der Waals surface area contributed by atoms with Gasteiger partial charge in [-0.15, -0.1) is 0 Å². The van der Waals surface area contributed by atoms with Gasteiger partial charge in [0.2, 0.25) is 0 Å². The van der Waals surface area contributed by atoms with E-state index in [0.717, 1.165) is 17.5 Å². The minimum Gasteiger partial charge on any atom is -0.478 e. The van der Waals surface area contributed by atoms with Crippen molar-refractivity contribution < 1.29 is 9.90 Å². The summed E-state index contributed by atoms with van der Waals surface area (Å²) in [6, 6.07) is 0. The number of fused-ring (bicyclic) bond motifs is 1. The van der Waals surface area contributed by atoms with Crippen molar-refractivity contribution >= 4 is 22.9 Å². The largest absolute Gasteiger partial charge is 0.478 e. The van der Waals surface area contributed by atoms with Gasteiger partial charge in [0, 0.05) is 18.5 Å². The number of carboxylic acid groups (broad SMARTS) is 1. The molecule has 4 nitrogen and oxygen atoms in total. The normalized spacial score (nSPS) is 21.5. The highest BCUT2D eigenvalue weighted by Gasteiger charge is 2.24. The Labute approximate surface area is 74.0 Å². The zero-order valence-electron chi connectivity index (χ0n) is 6.36. The van der Waals surface area contributed by atoms with Crippen molar-refractivity contribution in [1.29, 1.82) is 0 Å². The molecule has 0 unspecified atom stereocenters. The summed E-state index contributed by atoms with van der Waals surface area (Å²) in [6.45, 7) is 1.41. The molecule has 12 heavy (non-hydrogen) atoms. The molecular weight excluding hydrogens is 176 g/mol. The third kappa shape index (κ3) is 1.20. The van der Waals surface area contributed by atoms with Gasteiger partial charge in [0.15, 0.2) is 5.17 Å². The van der Waals surface area contributed by atoms with Crippen LogP contribution in [0.2, 0.25) is 0 Å². The van der Waals surface area contributed by atoms with E-state index >= 15 is 0 Å². The van der Waals surface area contributed by atoms with Crippen molar-refractivity contribution in [2.24, 2.45) is 4.99 Å². The van der Waals surface area contributed by atoms with Crippen LogP contribution in [0.5, 0.6) is 0 Å². The topological polar surface area (TPSA) is 52.9 Å². The molecule has 1 saturated heterocycles. The maximum Gasteiger partial charge on any atom is 0.334 e. The number of hydrogen-bond donors (Lipinski definition) is 1. The van der Waals surface area contributed by atoms with E-state index in [4.69, 9.17) is 5.11 Å². The number of aliphatic imine (C=N–C) groups is 1. The number of rotatable bonds is 1. The number of thioether (sulfide) groups is 1. The lowest BCUT2D eigenvalue weighted by atomic mass is 10.2. The molecule has 2 rings (SSSR count). The number of amidine groups is 1. The van der Waals surface area contributed by atoms with Crippen molar-refractivity contribution in [2.75, 3.05) is 18.8 Å². The molecule has 1 N–H and O–H groups in total. The second-order valence-electron chi connectivity index (χ2n) is 2.64. The second kappa shape index (κ2) is 2.82. The van der Waals surface area contributed by atoms with Crippen molar-refractivity contribution in [3.8, 4) is 0 Å². The molecule has 0 radical (unpaired) electrons. The third-order valence-electron chi connectivity index (χ3n) is 1.83. The SMILES string of the molecule is O=C(O)C1=CN=C2SCCN2C1. The van der Waals surface area contributed by atoms with Crippen molar-refractivity contribution in [3.63, 3.8) is 0 Å². The molecule has 2 heterocycles. The molecule has 0 aromatic carbocycles. The van der Waals surface area contributed by atoms with E-state index in [1.54, 1.807) is 11.8 Å². The molecule has 5 heteroatoms. The average Bonchev–Trinajstić information content (AvgIpc) is 2.49. The minimum atomic E-state index is -0.866. The predicted octanol–water partition coefficient (Wildman–Crippen LogP) is 0.373. The van der Waals surface area contributed by atoms with Crippen LogP contribution in [0, 0.1) is 0 Å². The van der Waals surface area contributed by atoms with Gasteiger partial charge in [-0.1, -0.05) is 11.8 Å². The molecule has 0 amide bonds. The van der Waals surface area contributed by atoms with Gasteiger partial charge in [0.1, 0.15) is 0 Å². The summed E-state index contributed by atoms with van der Waals surface area (Å²) in [5.74, 6) is 0.147. The summed E-state index contributed by atoms with van der Waals surface area (Å²) < 4.78 is 0. The molecule has 0 saturated carbocycles. The Bertz CT molecular complexity index is 285. The molecule has 0 aromatic heterocycles. The predicted molar refractivity (Wildman–Crippen MR) is 47.2 cm³/mol. The van der Waals surface area contributed by atoms with E-state index in [9.17, 15) is 4.79 Å². The first kappa shape index (κ1) is 7.67. The molecule has 0 atom stereocenters. The zero-order chi connectivity index (χ0) is 8.55. The van der Waals surface area contributed by atoms with Crippen LogP contribution in [-0.2, 0) is 4.79 Å². The number of nitrogens with zero attached hydrogens (tertiary/aromatic N) is 2. The molecule has 1 fully saturated rings. The van der Waals surface area contributed by atoms with Crippen LogP contribution in [0.25, 0.3) is 0 Å². The van der Waals surface area contributed by atoms with Crippen LogP contribution >= 0.6 is 11.8 Å². The number of carbonyl (C=O) groups is 1. The second-order valence-corrected chi connectivity index (χ2v) is 3.70. The fourth-order valence-corrected chi connectivity index (χ4v) is 2.16. The quantitative estimate of drug-likeness (QED) is 0.640. The highest BCUT2D eigenvalue weighted by Crippen LogP contribution is 2.22. The lowest BCUT2D eigenvalue weighted by molar-refractivity contribution is -0.132. The number of hydrogen-bond acceptors (Lipinski definition) is 4. The summed E-state index contributed by atoms with van der Waals surface area (Å²) in [7, 11) is 0. The third-order valence-corrected chi connectivity index (χ3v) is 2.84. The van der Waals surface area contributed by atoms with Gasteiger partial charge in [0.05, 0.1) is 12.1 Å². The molecule has 64 valence electrons. The first-order valence-corrected chi connectivity index (χ1v) is 4.64. The zero-order valence-corrected chi connectivity index (χ0v) is 7.17. The molecule has 2 aliphatic rings. The summed E-state index contributed by atoms with van der Waals surface area (Å²) in [5.41, 5.74) is 0.376. The van der Waals surface area contributed by atoms with E-state index in [-0.39, 0.29) is 0 Å². The van der Waals surface area contributed by atoms with Gasteiger partial charge in [0.25, 0.3) is 0 Å². The van der Waals surface area contributed by atoms with Crippen LogP contribution in [-0.4, -0.2) is 40.0 Å². The highest BCUT2D eigenvalue weighted by molar-refractivity contribution is 8.14. The Kier molecular flexibility index (Phi) is 1.80. The van der Waals surface area contributed by atoms with Crippen molar-refractivity contribution in [2.45, 2.75) is 0 Å². The van der Waals surface area contributed by atoms with Gasteiger partial charge in [-0.2, -0.15) is 0 Å². The standard InChI is InChI=1S/C7H8N2O2S/c10-6(11)5-3-8-7-9(4-5)1-2-12-7/h3H,1-2,4H2,(H,10,11). The molecule has 0 spiro atoms. The average molecular weight is 184 g/mol. The molecule has 0 aromatic rings. The maximum atomic E-state index is 10.6. The highest BCUT2D eigenvalue weighted by atomic mass is 32.2. The number of aliphatic carboxylic acids is 1. The lowest BCUT2D eigenvalue weighted by Crippen LogP contribution is -2.31. The van der Waals surface area contributed by atoms with Crippen LogP contribution in [0.1, 0.15) is 0 Å². The fourth-order valence-electron chi connectivity index (χ4n) is 1.20. The van der Waals surface area contributed by atoms with Gasteiger partial charge in [-0.05, 0) is 0 Å². The summed E-state index contributed by atoms with van der Waals surface area (Å²) in [4.78, 5) is 16.6. The summed E-state index contributed by atoms with van der Waals surface area (Å²) >= 11 is 1.68. The van der Waals surface area contributed by atoms with Crippen LogP contribution in [0.15, 0.2) is 16.8 Å². The fraction of sp³-hybridized carbons (Fsp3) is 0.429. The first-order valence-electron chi connectivity index (χ1n) is 3.65. The van der Waals surface area contributed by atoms with E-state index < -0.39 is 5.97 Å². The Morgan fingerprint density at radius 1 is 1.75 bits per heavy atom. The van der Waals surface area contributed by atoms with Crippen molar-refractivity contribution in [3.05, 3.63) is 11.8 Å². The van der Waals surface area contributed by atoms with Gasteiger partial charge in [-0.25, -0.2) is 9.79 Å². The molecular formula is C7H8N2O2S. The Hall–Kier alpha value is -0.970. The number of carboxylic acids is 1. The van der Waals surface area contributed by atoms with E-state index in [0.29, 0.717) is 12.1 Å².